The number of hydrogen-bond donors (Lipinski definition) is 2. The Hall–Kier alpha value is -2.12. The van der Waals surface area contributed by atoms with Gasteiger partial charge in [-0.1, -0.05) is 24.3 Å². The van der Waals surface area contributed by atoms with Crippen LogP contribution in [-0.4, -0.2) is 78.9 Å². The first kappa shape index (κ1) is 23.1. The van der Waals surface area contributed by atoms with Crippen molar-refractivity contribution in [2.45, 2.75) is 37.9 Å². The van der Waals surface area contributed by atoms with Crippen molar-refractivity contribution in [1.82, 2.24) is 4.90 Å². The fraction of sp³-hybridized carbons (Fsp3) is 0.538. The van der Waals surface area contributed by atoms with Gasteiger partial charge in [-0.25, -0.2) is 0 Å². The number of aliphatic hydroxyl groups is 2. The van der Waals surface area contributed by atoms with Gasteiger partial charge in [-0.15, -0.1) is 0 Å². The monoisotopic (exact) mass is 440 g/mol. The van der Waals surface area contributed by atoms with Gasteiger partial charge < -0.3 is 24.6 Å². The topological polar surface area (TPSA) is 65.4 Å². The quantitative estimate of drug-likeness (QED) is 0.720. The van der Waals surface area contributed by atoms with Gasteiger partial charge in [0.1, 0.15) is 18.0 Å². The van der Waals surface area contributed by atoms with Crippen LogP contribution >= 0.6 is 0 Å². The number of β-amino-alcohol motifs (C(OH)–C–C–N with tert-alkyl or cyclic N) is 2. The molecule has 2 saturated heterocycles. The highest BCUT2D eigenvalue weighted by Crippen LogP contribution is 2.28. The van der Waals surface area contributed by atoms with E-state index in [1.807, 2.05) is 31.2 Å². The highest BCUT2D eigenvalue weighted by molar-refractivity contribution is 5.48. The van der Waals surface area contributed by atoms with E-state index in [9.17, 15) is 10.2 Å². The maximum atomic E-state index is 11.3. The number of ether oxygens (including phenoxy) is 2. The van der Waals surface area contributed by atoms with Crippen LogP contribution in [0.2, 0.25) is 0 Å². The summed E-state index contributed by atoms with van der Waals surface area (Å²) in [4.78, 5) is 4.48. The Morgan fingerprint density at radius 1 is 0.938 bits per heavy atom. The number of nitrogens with zero attached hydrogens (tertiary/aromatic N) is 2. The second kappa shape index (κ2) is 9.79. The lowest BCUT2D eigenvalue weighted by atomic mass is 9.90. The highest BCUT2D eigenvalue weighted by atomic mass is 16.5. The van der Waals surface area contributed by atoms with Gasteiger partial charge in [0.25, 0.3) is 0 Å². The summed E-state index contributed by atoms with van der Waals surface area (Å²) in [6, 6.07) is 16.4. The number of aryl methyl sites for hydroxylation is 2. The molecule has 0 radical (unpaired) electrons. The van der Waals surface area contributed by atoms with Crippen LogP contribution in [0.1, 0.15) is 24.0 Å². The molecule has 4 rings (SSSR count). The standard InChI is InChI=1S/C26H36N2O4/c1-21-5-3-7-23(15-21)28-11-9-25(29,10-12-28)17-27-13-14-31-19-26(30,18-27)20-32-24-8-4-6-22(2)16-24/h3-8,15-16,29-30H,9-14,17-20H2,1-2H3/t26-/m1/s1. The summed E-state index contributed by atoms with van der Waals surface area (Å²) in [5.41, 5.74) is 1.72. The van der Waals surface area contributed by atoms with Crippen molar-refractivity contribution in [1.29, 1.82) is 0 Å². The SMILES string of the molecule is Cc1cccc(OC[C@]2(O)COCCN(CC3(O)CCN(c4cccc(C)c4)CC3)C2)c1. The lowest BCUT2D eigenvalue weighted by Crippen LogP contribution is -2.55. The summed E-state index contributed by atoms with van der Waals surface area (Å²) >= 11 is 0. The Labute approximate surface area is 191 Å². The smallest absolute Gasteiger partial charge is 0.134 e. The molecule has 2 heterocycles. The lowest BCUT2D eigenvalue weighted by Gasteiger charge is -2.42. The molecular formula is C26H36N2O4. The van der Waals surface area contributed by atoms with E-state index >= 15 is 0 Å². The zero-order valence-electron chi connectivity index (χ0n) is 19.3. The Bertz CT molecular complexity index is 897. The molecule has 2 N–H and O–H groups in total. The molecule has 0 saturated carbocycles. The van der Waals surface area contributed by atoms with Gasteiger partial charge in [0.2, 0.25) is 0 Å². The van der Waals surface area contributed by atoms with E-state index in [0.29, 0.717) is 39.1 Å². The molecule has 2 aromatic carbocycles. The Morgan fingerprint density at radius 3 is 2.38 bits per heavy atom. The van der Waals surface area contributed by atoms with E-state index in [-0.39, 0.29) is 13.2 Å². The van der Waals surface area contributed by atoms with Crippen molar-refractivity contribution in [2.24, 2.45) is 0 Å². The first-order valence-electron chi connectivity index (χ1n) is 11.6. The van der Waals surface area contributed by atoms with Gasteiger partial charge in [0.15, 0.2) is 0 Å². The average molecular weight is 441 g/mol. The highest BCUT2D eigenvalue weighted by Gasteiger charge is 2.39. The van der Waals surface area contributed by atoms with E-state index in [4.69, 9.17) is 9.47 Å². The summed E-state index contributed by atoms with van der Waals surface area (Å²) < 4.78 is 11.6. The minimum Gasteiger partial charge on any atom is -0.490 e. The summed E-state index contributed by atoms with van der Waals surface area (Å²) in [6.45, 7) is 8.35. The molecule has 174 valence electrons. The van der Waals surface area contributed by atoms with Gasteiger partial charge in [-0.05, 0) is 62.1 Å². The minimum atomic E-state index is -1.11. The maximum absolute atomic E-state index is 11.3. The summed E-state index contributed by atoms with van der Waals surface area (Å²) in [5, 5.41) is 22.5. The number of hydrogen-bond acceptors (Lipinski definition) is 6. The summed E-state index contributed by atoms with van der Waals surface area (Å²) in [7, 11) is 0. The van der Waals surface area contributed by atoms with Crippen molar-refractivity contribution in [3.63, 3.8) is 0 Å². The largest absolute Gasteiger partial charge is 0.490 e. The molecule has 1 atom stereocenters. The van der Waals surface area contributed by atoms with Gasteiger partial charge in [-0.3, -0.25) is 4.90 Å². The third-order valence-corrected chi connectivity index (χ3v) is 6.52. The first-order valence-corrected chi connectivity index (χ1v) is 11.6. The van der Waals surface area contributed by atoms with E-state index < -0.39 is 11.2 Å². The summed E-state index contributed by atoms with van der Waals surface area (Å²) in [6.07, 6.45) is 1.41. The van der Waals surface area contributed by atoms with Crippen LogP contribution in [-0.2, 0) is 4.74 Å². The molecule has 0 unspecified atom stereocenters. The molecule has 6 heteroatoms. The third-order valence-electron chi connectivity index (χ3n) is 6.52. The lowest BCUT2D eigenvalue weighted by molar-refractivity contribution is -0.0742. The Morgan fingerprint density at radius 2 is 1.66 bits per heavy atom. The Kier molecular flexibility index (Phi) is 7.05. The van der Waals surface area contributed by atoms with Crippen molar-refractivity contribution in [3.8, 4) is 5.75 Å². The van der Waals surface area contributed by atoms with Gasteiger partial charge in [0.05, 0.1) is 18.8 Å². The molecule has 2 aliphatic heterocycles. The molecule has 0 spiro atoms. The van der Waals surface area contributed by atoms with Crippen molar-refractivity contribution < 1.29 is 19.7 Å². The fourth-order valence-electron chi connectivity index (χ4n) is 4.72. The van der Waals surface area contributed by atoms with Crippen LogP contribution in [0, 0.1) is 13.8 Å². The minimum absolute atomic E-state index is 0.159. The van der Waals surface area contributed by atoms with E-state index in [0.717, 1.165) is 24.4 Å². The number of benzene rings is 2. The van der Waals surface area contributed by atoms with E-state index in [2.05, 4.69) is 41.0 Å². The Balaban J connectivity index is 1.33. The predicted molar refractivity (Wildman–Crippen MR) is 126 cm³/mol. The van der Waals surface area contributed by atoms with E-state index in [1.54, 1.807) is 0 Å². The van der Waals surface area contributed by atoms with Gasteiger partial charge >= 0.3 is 0 Å². The third kappa shape index (κ3) is 6.01. The fourth-order valence-corrected chi connectivity index (χ4v) is 4.72. The van der Waals surface area contributed by atoms with Crippen LogP contribution in [0.15, 0.2) is 48.5 Å². The molecular weight excluding hydrogens is 404 g/mol. The van der Waals surface area contributed by atoms with Crippen LogP contribution < -0.4 is 9.64 Å². The van der Waals surface area contributed by atoms with Crippen LogP contribution in [0.25, 0.3) is 0 Å². The first-order chi connectivity index (χ1) is 15.3. The zero-order chi connectivity index (χ0) is 22.6. The number of anilines is 1. The maximum Gasteiger partial charge on any atom is 0.134 e. The second-order valence-corrected chi connectivity index (χ2v) is 9.64. The van der Waals surface area contributed by atoms with E-state index in [1.165, 1.54) is 11.3 Å². The summed E-state index contributed by atoms with van der Waals surface area (Å²) in [5.74, 6) is 0.747. The normalized spacial score (nSPS) is 24.2. The van der Waals surface area contributed by atoms with Gasteiger partial charge in [0, 0.05) is 38.4 Å². The van der Waals surface area contributed by atoms with Gasteiger partial charge in [-0.2, -0.15) is 0 Å². The predicted octanol–water partition coefficient (Wildman–Crippen LogP) is 2.78. The van der Waals surface area contributed by atoms with Crippen molar-refractivity contribution >= 4 is 5.69 Å². The molecule has 32 heavy (non-hydrogen) atoms. The number of piperidine rings is 1. The second-order valence-electron chi connectivity index (χ2n) is 9.64. The number of rotatable bonds is 6. The van der Waals surface area contributed by atoms with Crippen LogP contribution in [0.4, 0.5) is 5.69 Å². The molecule has 2 aliphatic rings. The molecule has 0 aromatic heterocycles. The average Bonchev–Trinajstić information content (AvgIpc) is 2.94. The molecule has 0 amide bonds. The molecule has 6 nitrogen and oxygen atoms in total. The van der Waals surface area contributed by atoms with Crippen LogP contribution in [0.3, 0.4) is 0 Å². The molecule has 2 aromatic rings. The zero-order valence-corrected chi connectivity index (χ0v) is 19.3. The molecule has 0 bridgehead atoms. The molecule has 0 aliphatic carbocycles. The van der Waals surface area contributed by atoms with Crippen LogP contribution in [0.5, 0.6) is 5.75 Å². The van der Waals surface area contributed by atoms with Crippen molar-refractivity contribution in [2.75, 3.05) is 57.4 Å². The van der Waals surface area contributed by atoms with Crippen molar-refractivity contribution in [3.05, 3.63) is 59.7 Å². The molecule has 2 fully saturated rings.